The fourth-order valence-corrected chi connectivity index (χ4v) is 2.79. The number of hydrogen-bond acceptors (Lipinski definition) is 3. The molecule has 0 saturated carbocycles. The standard InChI is InChI=1S/C16H13Cl2N3O2/c1-2-9-4-3-5-10-11(6-19-15(9)10)13(22)8-21-16(23)14(18)12(17)7-20-21/h3-7,19H,2,8H2,1H3. The summed E-state index contributed by atoms with van der Waals surface area (Å²) in [4.78, 5) is 27.7. The fourth-order valence-electron chi connectivity index (χ4n) is 2.52. The van der Waals surface area contributed by atoms with Gasteiger partial charge in [0, 0.05) is 22.7 Å². The van der Waals surface area contributed by atoms with E-state index in [2.05, 4.69) is 17.0 Å². The van der Waals surface area contributed by atoms with Crippen LogP contribution < -0.4 is 5.56 Å². The predicted molar refractivity (Wildman–Crippen MR) is 90.5 cm³/mol. The molecule has 0 unspecified atom stereocenters. The molecule has 3 rings (SSSR count). The first kappa shape index (κ1) is 15.8. The molecular formula is C16H13Cl2N3O2. The smallest absolute Gasteiger partial charge is 0.287 e. The van der Waals surface area contributed by atoms with Gasteiger partial charge in [-0.1, -0.05) is 48.3 Å². The minimum atomic E-state index is -0.582. The van der Waals surface area contributed by atoms with Gasteiger partial charge in [0.15, 0.2) is 5.78 Å². The SMILES string of the molecule is CCc1cccc2c(C(=O)Cn3ncc(Cl)c(Cl)c3=O)c[nH]c12. The molecule has 0 amide bonds. The van der Waals surface area contributed by atoms with Crippen molar-refractivity contribution in [2.24, 2.45) is 0 Å². The first-order chi connectivity index (χ1) is 11.0. The maximum absolute atomic E-state index is 12.5. The highest BCUT2D eigenvalue weighted by atomic mass is 35.5. The molecule has 118 valence electrons. The van der Waals surface area contributed by atoms with E-state index in [0.717, 1.165) is 27.6 Å². The fraction of sp³-hybridized carbons (Fsp3) is 0.188. The zero-order valence-corrected chi connectivity index (χ0v) is 13.8. The van der Waals surface area contributed by atoms with Gasteiger partial charge in [-0.15, -0.1) is 0 Å². The third kappa shape index (κ3) is 2.78. The van der Waals surface area contributed by atoms with Crippen molar-refractivity contribution in [2.75, 3.05) is 0 Å². The van der Waals surface area contributed by atoms with Crippen molar-refractivity contribution in [3.05, 3.63) is 62.1 Å². The van der Waals surface area contributed by atoms with Crippen molar-refractivity contribution in [3.8, 4) is 0 Å². The number of hydrogen-bond donors (Lipinski definition) is 1. The number of halogens is 2. The minimum absolute atomic E-state index is 0.0695. The van der Waals surface area contributed by atoms with Crippen LogP contribution in [0.4, 0.5) is 0 Å². The molecule has 0 saturated heterocycles. The highest BCUT2D eigenvalue weighted by Gasteiger charge is 2.16. The van der Waals surface area contributed by atoms with Crippen LogP contribution in [-0.2, 0) is 13.0 Å². The van der Waals surface area contributed by atoms with Gasteiger partial charge in [0.1, 0.15) is 11.6 Å². The monoisotopic (exact) mass is 349 g/mol. The van der Waals surface area contributed by atoms with E-state index in [4.69, 9.17) is 23.2 Å². The number of carbonyl (C=O) groups is 1. The number of carbonyl (C=O) groups excluding carboxylic acids is 1. The van der Waals surface area contributed by atoms with Gasteiger partial charge < -0.3 is 4.98 Å². The van der Waals surface area contributed by atoms with Gasteiger partial charge in [0.2, 0.25) is 0 Å². The molecule has 0 spiro atoms. The quantitative estimate of drug-likeness (QED) is 0.733. The molecule has 2 aromatic heterocycles. The largest absolute Gasteiger partial charge is 0.360 e. The van der Waals surface area contributed by atoms with E-state index in [1.54, 1.807) is 6.20 Å². The summed E-state index contributed by atoms with van der Waals surface area (Å²) in [7, 11) is 0. The van der Waals surface area contributed by atoms with Crippen molar-refractivity contribution in [3.63, 3.8) is 0 Å². The number of H-pyrrole nitrogens is 1. The number of benzene rings is 1. The molecule has 0 aliphatic heterocycles. The Morgan fingerprint density at radius 3 is 2.87 bits per heavy atom. The third-order valence-corrected chi connectivity index (χ3v) is 4.47. The first-order valence-electron chi connectivity index (χ1n) is 7.06. The molecule has 2 heterocycles. The topological polar surface area (TPSA) is 67.8 Å². The van der Waals surface area contributed by atoms with Gasteiger partial charge in [-0.25, -0.2) is 4.68 Å². The summed E-state index contributed by atoms with van der Waals surface area (Å²) < 4.78 is 1.01. The molecule has 3 aromatic rings. The molecule has 5 nitrogen and oxygen atoms in total. The van der Waals surface area contributed by atoms with E-state index < -0.39 is 5.56 Å². The number of Topliss-reactive ketones (excluding diaryl/α,β-unsaturated/α-hetero) is 1. The summed E-state index contributed by atoms with van der Waals surface area (Å²) >= 11 is 11.5. The summed E-state index contributed by atoms with van der Waals surface area (Å²) in [5.41, 5.74) is 2.01. The van der Waals surface area contributed by atoms with Crippen molar-refractivity contribution >= 4 is 39.9 Å². The molecule has 1 aromatic carbocycles. The van der Waals surface area contributed by atoms with Gasteiger partial charge in [-0.05, 0) is 12.0 Å². The Morgan fingerprint density at radius 1 is 1.35 bits per heavy atom. The van der Waals surface area contributed by atoms with Crippen molar-refractivity contribution < 1.29 is 4.79 Å². The summed E-state index contributed by atoms with van der Waals surface area (Å²) in [6, 6.07) is 5.80. The van der Waals surface area contributed by atoms with Crippen molar-refractivity contribution in [1.82, 2.24) is 14.8 Å². The van der Waals surface area contributed by atoms with E-state index in [0.29, 0.717) is 5.56 Å². The molecule has 0 fully saturated rings. The first-order valence-corrected chi connectivity index (χ1v) is 7.81. The van der Waals surface area contributed by atoms with Crippen LogP contribution in [0, 0.1) is 0 Å². The third-order valence-electron chi connectivity index (χ3n) is 3.72. The maximum Gasteiger partial charge on any atom is 0.287 e. The molecule has 0 aliphatic rings. The molecule has 0 atom stereocenters. The molecule has 7 heteroatoms. The molecule has 0 bridgehead atoms. The highest BCUT2D eigenvalue weighted by molar-refractivity contribution is 6.41. The number of aromatic amines is 1. The average Bonchev–Trinajstić information content (AvgIpc) is 2.99. The number of ketones is 1. The molecular weight excluding hydrogens is 337 g/mol. The number of aromatic nitrogens is 3. The Bertz CT molecular complexity index is 960. The van der Waals surface area contributed by atoms with Gasteiger partial charge in [0.05, 0.1) is 11.2 Å². The molecule has 0 radical (unpaired) electrons. The van der Waals surface area contributed by atoms with E-state index in [1.807, 2.05) is 18.2 Å². The summed E-state index contributed by atoms with van der Waals surface area (Å²) in [6.45, 7) is 1.86. The zero-order valence-electron chi connectivity index (χ0n) is 12.3. The second kappa shape index (κ2) is 6.18. The van der Waals surface area contributed by atoms with Gasteiger partial charge in [0.25, 0.3) is 5.56 Å². The Morgan fingerprint density at radius 2 is 2.13 bits per heavy atom. The van der Waals surface area contributed by atoms with Crippen molar-refractivity contribution in [2.45, 2.75) is 19.9 Å². The number of aryl methyl sites for hydroxylation is 1. The van der Waals surface area contributed by atoms with Crippen LogP contribution >= 0.6 is 23.2 Å². The summed E-state index contributed by atoms with van der Waals surface area (Å²) in [5, 5.41) is 4.63. The molecule has 1 N–H and O–H groups in total. The predicted octanol–water partition coefficient (Wildman–Crippen LogP) is 3.48. The number of fused-ring (bicyclic) bond motifs is 1. The highest BCUT2D eigenvalue weighted by Crippen LogP contribution is 2.23. The Balaban J connectivity index is 1.99. The van der Waals surface area contributed by atoms with E-state index in [-0.39, 0.29) is 22.4 Å². The molecule has 23 heavy (non-hydrogen) atoms. The Hall–Kier alpha value is -2.11. The second-order valence-electron chi connectivity index (χ2n) is 5.09. The van der Waals surface area contributed by atoms with Crippen LogP contribution in [0.25, 0.3) is 10.9 Å². The van der Waals surface area contributed by atoms with Crippen LogP contribution in [0.3, 0.4) is 0 Å². The average molecular weight is 350 g/mol. The zero-order chi connectivity index (χ0) is 16.6. The number of nitrogens with one attached hydrogen (secondary N) is 1. The van der Waals surface area contributed by atoms with Gasteiger partial charge in [-0.3, -0.25) is 9.59 Å². The number of nitrogens with zero attached hydrogens (tertiary/aromatic N) is 2. The molecule has 0 aliphatic carbocycles. The van der Waals surface area contributed by atoms with Crippen LogP contribution in [0.5, 0.6) is 0 Å². The van der Waals surface area contributed by atoms with E-state index >= 15 is 0 Å². The van der Waals surface area contributed by atoms with E-state index in [9.17, 15) is 9.59 Å². The maximum atomic E-state index is 12.5. The second-order valence-corrected chi connectivity index (χ2v) is 5.87. The lowest BCUT2D eigenvalue weighted by Gasteiger charge is -2.05. The van der Waals surface area contributed by atoms with Crippen LogP contribution in [0.2, 0.25) is 10.0 Å². The minimum Gasteiger partial charge on any atom is -0.360 e. The lowest BCUT2D eigenvalue weighted by molar-refractivity contribution is 0.0967. The summed E-state index contributed by atoms with van der Waals surface area (Å²) in [5.74, 6) is -0.225. The lowest BCUT2D eigenvalue weighted by Crippen LogP contribution is -2.27. The van der Waals surface area contributed by atoms with Gasteiger partial charge in [-0.2, -0.15) is 5.10 Å². The number of rotatable bonds is 4. The van der Waals surface area contributed by atoms with E-state index in [1.165, 1.54) is 6.20 Å². The van der Waals surface area contributed by atoms with Crippen molar-refractivity contribution in [1.29, 1.82) is 0 Å². The van der Waals surface area contributed by atoms with Crippen LogP contribution in [-0.4, -0.2) is 20.5 Å². The number of para-hydroxylation sites is 1. The Kier molecular flexibility index (Phi) is 4.24. The van der Waals surface area contributed by atoms with Gasteiger partial charge >= 0.3 is 0 Å². The van der Waals surface area contributed by atoms with Crippen LogP contribution in [0.15, 0.2) is 35.4 Å². The lowest BCUT2D eigenvalue weighted by atomic mass is 10.1. The summed E-state index contributed by atoms with van der Waals surface area (Å²) in [6.07, 6.45) is 3.77. The van der Waals surface area contributed by atoms with Crippen LogP contribution in [0.1, 0.15) is 22.8 Å². The normalized spacial score (nSPS) is 11.1. The Labute approximate surface area is 141 Å².